The summed E-state index contributed by atoms with van der Waals surface area (Å²) in [7, 11) is 0. The van der Waals surface area contributed by atoms with Crippen LogP contribution in [0.2, 0.25) is 0 Å². The molecular weight excluding hydrogens is 220 g/mol. The van der Waals surface area contributed by atoms with Gasteiger partial charge >= 0.3 is 6.16 Å². The van der Waals surface area contributed by atoms with E-state index in [4.69, 9.17) is 9.47 Å². The predicted octanol–water partition coefficient (Wildman–Crippen LogP) is 3.20. The number of Topliss-reactive ketones (excluding diaryl/α,β-unsaturated/α-hetero) is 1. The number of benzene rings is 1. The summed E-state index contributed by atoms with van der Waals surface area (Å²) < 4.78 is 9.96. The van der Waals surface area contributed by atoms with Gasteiger partial charge in [-0.05, 0) is 39.8 Å². The van der Waals surface area contributed by atoms with Gasteiger partial charge in [0.05, 0.1) is 0 Å². The van der Waals surface area contributed by atoms with Crippen LogP contribution < -0.4 is 4.74 Å². The van der Waals surface area contributed by atoms with E-state index in [2.05, 4.69) is 0 Å². The van der Waals surface area contributed by atoms with Crippen molar-refractivity contribution in [2.75, 3.05) is 0 Å². The lowest BCUT2D eigenvalue weighted by molar-refractivity contribution is 0.0206. The lowest BCUT2D eigenvalue weighted by Crippen LogP contribution is -2.26. The summed E-state index contributed by atoms with van der Waals surface area (Å²) in [5, 5.41) is 0. The summed E-state index contributed by atoms with van der Waals surface area (Å²) >= 11 is 0. The van der Waals surface area contributed by atoms with Crippen molar-refractivity contribution in [3.05, 3.63) is 29.8 Å². The van der Waals surface area contributed by atoms with Gasteiger partial charge in [0, 0.05) is 5.56 Å². The Kier molecular flexibility index (Phi) is 3.89. The first-order valence-corrected chi connectivity index (χ1v) is 5.30. The lowest BCUT2D eigenvalue weighted by Gasteiger charge is -2.18. The summed E-state index contributed by atoms with van der Waals surface area (Å²) in [4.78, 5) is 22.5. The van der Waals surface area contributed by atoms with Crippen LogP contribution in [0, 0.1) is 0 Å². The molecule has 1 rings (SSSR count). The second-order valence-corrected chi connectivity index (χ2v) is 4.65. The van der Waals surface area contributed by atoms with Gasteiger partial charge in [0.25, 0.3) is 0 Å². The molecular formula is C13H16O4. The average Bonchev–Trinajstić information content (AvgIpc) is 2.14. The van der Waals surface area contributed by atoms with E-state index in [9.17, 15) is 9.59 Å². The van der Waals surface area contributed by atoms with E-state index in [1.807, 2.05) is 0 Å². The van der Waals surface area contributed by atoms with Gasteiger partial charge in [-0.3, -0.25) is 4.79 Å². The van der Waals surface area contributed by atoms with Gasteiger partial charge in [0.15, 0.2) is 5.78 Å². The Labute approximate surface area is 101 Å². The van der Waals surface area contributed by atoms with Crippen molar-refractivity contribution >= 4 is 11.9 Å². The standard InChI is InChI=1S/C13H16O4/c1-9(14)10-6-5-7-11(8-10)16-12(15)17-13(2,3)4/h5-8H,1-4H3. The van der Waals surface area contributed by atoms with Crippen LogP contribution in [0.4, 0.5) is 4.79 Å². The van der Waals surface area contributed by atoms with Crippen molar-refractivity contribution in [1.29, 1.82) is 0 Å². The third-order valence-corrected chi connectivity index (χ3v) is 1.83. The second-order valence-electron chi connectivity index (χ2n) is 4.65. The number of hydrogen-bond acceptors (Lipinski definition) is 4. The molecule has 0 spiro atoms. The van der Waals surface area contributed by atoms with Gasteiger partial charge in [-0.25, -0.2) is 4.79 Å². The number of rotatable bonds is 2. The van der Waals surface area contributed by atoms with Crippen LogP contribution in [0.25, 0.3) is 0 Å². The smallest absolute Gasteiger partial charge is 0.428 e. The third kappa shape index (κ3) is 4.68. The minimum absolute atomic E-state index is 0.0837. The maximum absolute atomic E-state index is 11.4. The van der Waals surface area contributed by atoms with Gasteiger partial charge in [-0.1, -0.05) is 12.1 Å². The van der Waals surface area contributed by atoms with Crippen molar-refractivity contribution in [1.82, 2.24) is 0 Å². The molecule has 0 aliphatic carbocycles. The Morgan fingerprint density at radius 2 is 1.82 bits per heavy atom. The molecule has 0 saturated heterocycles. The highest BCUT2D eigenvalue weighted by Crippen LogP contribution is 2.16. The summed E-state index contributed by atoms with van der Waals surface area (Å²) in [6, 6.07) is 6.41. The van der Waals surface area contributed by atoms with E-state index >= 15 is 0 Å². The molecule has 0 fully saturated rings. The first kappa shape index (κ1) is 13.2. The van der Waals surface area contributed by atoms with Gasteiger partial charge in [0.2, 0.25) is 0 Å². The molecule has 0 bridgehead atoms. The van der Waals surface area contributed by atoms with Gasteiger partial charge in [-0.2, -0.15) is 0 Å². The lowest BCUT2D eigenvalue weighted by atomic mass is 10.1. The fourth-order valence-corrected chi connectivity index (χ4v) is 1.15. The van der Waals surface area contributed by atoms with Crippen LogP contribution in [0.1, 0.15) is 38.1 Å². The van der Waals surface area contributed by atoms with E-state index in [1.165, 1.54) is 13.0 Å². The Morgan fingerprint density at radius 1 is 1.18 bits per heavy atom. The number of hydrogen-bond donors (Lipinski definition) is 0. The number of carbonyl (C=O) groups excluding carboxylic acids is 2. The molecule has 0 unspecified atom stereocenters. The molecule has 1 aromatic rings. The molecule has 0 amide bonds. The molecule has 17 heavy (non-hydrogen) atoms. The van der Waals surface area contributed by atoms with Crippen LogP contribution in [0.15, 0.2) is 24.3 Å². The highest BCUT2D eigenvalue weighted by molar-refractivity contribution is 5.94. The Bertz CT molecular complexity index is 429. The molecule has 0 aromatic heterocycles. The highest BCUT2D eigenvalue weighted by Gasteiger charge is 2.18. The van der Waals surface area contributed by atoms with E-state index in [0.717, 1.165) is 0 Å². The molecule has 0 aliphatic heterocycles. The molecule has 0 heterocycles. The van der Waals surface area contributed by atoms with E-state index in [1.54, 1.807) is 39.0 Å². The Hall–Kier alpha value is -1.84. The summed E-state index contributed by atoms with van der Waals surface area (Å²) in [5.41, 5.74) is -0.110. The zero-order chi connectivity index (χ0) is 13.1. The van der Waals surface area contributed by atoms with E-state index in [0.29, 0.717) is 11.3 Å². The largest absolute Gasteiger partial charge is 0.514 e. The fourth-order valence-electron chi connectivity index (χ4n) is 1.15. The van der Waals surface area contributed by atoms with E-state index in [-0.39, 0.29) is 5.78 Å². The minimum atomic E-state index is -0.779. The topological polar surface area (TPSA) is 52.6 Å². The summed E-state index contributed by atoms with van der Waals surface area (Å²) in [6.07, 6.45) is -0.779. The van der Waals surface area contributed by atoms with Crippen molar-refractivity contribution in [3.8, 4) is 5.75 Å². The summed E-state index contributed by atoms with van der Waals surface area (Å²) in [5.74, 6) is 0.214. The van der Waals surface area contributed by atoms with Crippen LogP contribution in [-0.2, 0) is 4.74 Å². The molecule has 0 aliphatic rings. The minimum Gasteiger partial charge on any atom is -0.428 e. The second kappa shape index (κ2) is 4.99. The normalized spacial score (nSPS) is 10.8. The maximum atomic E-state index is 11.4. The quantitative estimate of drug-likeness (QED) is 0.449. The van der Waals surface area contributed by atoms with Crippen LogP contribution in [0.5, 0.6) is 5.75 Å². The molecule has 0 radical (unpaired) electrons. The fraction of sp³-hybridized carbons (Fsp3) is 0.385. The van der Waals surface area contributed by atoms with Gasteiger partial charge in [0.1, 0.15) is 11.4 Å². The van der Waals surface area contributed by atoms with Crippen molar-refractivity contribution in [2.45, 2.75) is 33.3 Å². The molecule has 0 atom stereocenters. The zero-order valence-corrected chi connectivity index (χ0v) is 10.4. The maximum Gasteiger partial charge on any atom is 0.514 e. The molecule has 1 aromatic carbocycles. The SMILES string of the molecule is CC(=O)c1cccc(OC(=O)OC(C)(C)C)c1. The molecule has 0 N–H and O–H groups in total. The van der Waals surface area contributed by atoms with Crippen molar-refractivity contribution in [3.63, 3.8) is 0 Å². The number of carbonyl (C=O) groups is 2. The van der Waals surface area contributed by atoms with Gasteiger partial charge < -0.3 is 9.47 Å². The van der Waals surface area contributed by atoms with Crippen LogP contribution in [-0.4, -0.2) is 17.5 Å². The number of ketones is 1. The Balaban J connectivity index is 2.72. The zero-order valence-electron chi connectivity index (χ0n) is 10.4. The van der Waals surface area contributed by atoms with Crippen molar-refractivity contribution in [2.24, 2.45) is 0 Å². The van der Waals surface area contributed by atoms with E-state index < -0.39 is 11.8 Å². The number of ether oxygens (including phenoxy) is 2. The average molecular weight is 236 g/mol. The highest BCUT2D eigenvalue weighted by atomic mass is 16.7. The first-order valence-electron chi connectivity index (χ1n) is 5.30. The Morgan fingerprint density at radius 3 is 2.35 bits per heavy atom. The monoisotopic (exact) mass is 236 g/mol. The molecule has 4 heteroatoms. The molecule has 92 valence electrons. The van der Waals surface area contributed by atoms with Crippen molar-refractivity contribution < 1.29 is 19.1 Å². The summed E-state index contributed by atoms with van der Waals surface area (Å²) in [6.45, 7) is 6.70. The third-order valence-electron chi connectivity index (χ3n) is 1.83. The predicted molar refractivity (Wildman–Crippen MR) is 63.3 cm³/mol. The molecule has 4 nitrogen and oxygen atoms in total. The molecule has 0 saturated carbocycles. The van der Waals surface area contributed by atoms with Crippen LogP contribution in [0.3, 0.4) is 0 Å². The first-order chi connectivity index (χ1) is 7.78. The van der Waals surface area contributed by atoms with Crippen LogP contribution >= 0.6 is 0 Å². The van der Waals surface area contributed by atoms with Gasteiger partial charge in [-0.15, -0.1) is 0 Å².